The van der Waals surface area contributed by atoms with Crippen molar-refractivity contribution in [2.24, 2.45) is 0 Å². The maximum absolute atomic E-state index is 11.3. The van der Waals surface area contributed by atoms with E-state index in [1.807, 2.05) is 5.32 Å². The first-order valence-corrected chi connectivity index (χ1v) is 4.96. The van der Waals surface area contributed by atoms with Crippen LogP contribution >= 0.6 is 0 Å². The summed E-state index contributed by atoms with van der Waals surface area (Å²) >= 11 is 0. The number of aliphatic carboxylic acids is 2. The average molecular weight is 256 g/mol. The Labute approximate surface area is 101 Å². The standard InChI is InChI=1S/C9H12N4O5/c14-7(15)3-5(8(16)17)13-9(18)12-4-6-10-1-2-11-6/h1-2,5H,3-4H2,(H,10,11)(H,14,15)(H,16,17)(H2,12,13,18)/t5-/m1/s1. The van der Waals surface area contributed by atoms with Crippen LogP contribution in [0.1, 0.15) is 12.2 Å². The molecule has 0 spiro atoms. The van der Waals surface area contributed by atoms with Crippen LogP contribution in [0.4, 0.5) is 4.79 Å². The number of carbonyl (C=O) groups is 3. The topological polar surface area (TPSA) is 144 Å². The number of hydrogen-bond donors (Lipinski definition) is 5. The number of H-pyrrole nitrogens is 1. The zero-order valence-electron chi connectivity index (χ0n) is 9.21. The first-order chi connectivity index (χ1) is 8.49. The van der Waals surface area contributed by atoms with Crippen LogP contribution in [0.3, 0.4) is 0 Å². The van der Waals surface area contributed by atoms with Gasteiger partial charge in [0.15, 0.2) is 0 Å². The third-order valence-corrected chi connectivity index (χ3v) is 1.95. The summed E-state index contributed by atoms with van der Waals surface area (Å²) in [5.74, 6) is -2.23. The highest BCUT2D eigenvalue weighted by Crippen LogP contribution is 1.93. The second-order valence-corrected chi connectivity index (χ2v) is 3.35. The quantitative estimate of drug-likeness (QED) is 0.447. The van der Waals surface area contributed by atoms with E-state index in [0.29, 0.717) is 5.82 Å². The molecule has 0 fully saturated rings. The van der Waals surface area contributed by atoms with Crippen molar-refractivity contribution < 1.29 is 24.6 Å². The number of nitrogens with one attached hydrogen (secondary N) is 3. The first-order valence-electron chi connectivity index (χ1n) is 4.96. The SMILES string of the molecule is O=C(O)C[C@@H](NC(=O)NCc1ncc[nH]1)C(=O)O. The van der Waals surface area contributed by atoms with Gasteiger partial charge in [0.1, 0.15) is 11.9 Å². The molecule has 1 atom stereocenters. The number of carboxylic acids is 2. The number of urea groups is 1. The zero-order chi connectivity index (χ0) is 13.5. The van der Waals surface area contributed by atoms with Gasteiger partial charge in [-0.3, -0.25) is 4.79 Å². The Morgan fingerprint density at radius 2 is 2.11 bits per heavy atom. The van der Waals surface area contributed by atoms with Gasteiger partial charge in [-0.1, -0.05) is 0 Å². The molecule has 98 valence electrons. The number of carbonyl (C=O) groups excluding carboxylic acids is 1. The number of imidazole rings is 1. The number of aromatic nitrogens is 2. The Morgan fingerprint density at radius 1 is 1.39 bits per heavy atom. The monoisotopic (exact) mass is 256 g/mol. The Bertz CT molecular complexity index is 430. The van der Waals surface area contributed by atoms with E-state index in [9.17, 15) is 14.4 Å². The predicted molar refractivity (Wildman–Crippen MR) is 57.6 cm³/mol. The molecular formula is C9H12N4O5. The lowest BCUT2D eigenvalue weighted by atomic mass is 10.2. The fourth-order valence-corrected chi connectivity index (χ4v) is 1.14. The van der Waals surface area contributed by atoms with Crippen LogP contribution in [0.15, 0.2) is 12.4 Å². The van der Waals surface area contributed by atoms with Crippen LogP contribution in [0.5, 0.6) is 0 Å². The van der Waals surface area contributed by atoms with Crippen molar-refractivity contribution in [3.8, 4) is 0 Å². The summed E-state index contributed by atoms with van der Waals surface area (Å²) in [4.78, 5) is 39.0. The third-order valence-electron chi connectivity index (χ3n) is 1.95. The fourth-order valence-electron chi connectivity index (χ4n) is 1.14. The van der Waals surface area contributed by atoms with Crippen molar-refractivity contribution in [3.63, 3.8) is 0 Å². The van der Waals surface area contributed by atoms with Crippen LogP contribution in [0, 0.1) is 0 Å². The van der Waals surface area contributed by atoms with E-state index in [4.69, 9.17) is 10.2 Å². The maximum Gasteiger partial charge on any atom is 0.326 e. The van der Waals surface area contributed by atoms with E-state index in [2.05, 4.69) is 15.3 Å². The van der Waals surface area contributed by atoms with Crippen molar-refractivity contribution in [2.75, 3.05) is 0 Å². The lowest BCUT2D eigenvalue weighted by molar-refractivity contribution is -0.145. The Kier molecular flexibility index (Phi) is 4.67. The van der Waals surface area contributed by atoms with Gasteiger partial charge in [0.2, 0.25) is 0 Å². The van der Waals surface area contributed by atoms with Gasteiger partial charge in [-0.15, -0.1) is 0 Å². The second kappa shape index (κ2) is 6.23. The van der Waals surface area contributed by atoms with Gasteiger partial charge in [-0.25, -0.2) is 14.6 Å². The number of carboxylic acid groups (broad SMARTS) is 2. The smallest absolute Gasteiger partial charge is 0.326 e. The van der Waals surface area contributed by atoms with Crippen molar-refractivity contribution >= 4 is 18.0 Å². The van der Waals surface area contributed by atoms with Crippen LogP contribution in [0.2, 0.25) is 0 Å². The van der Waals surface area contributed by atoms with Gasteiger partial charge >= 0.3 is 18.0 Å². The van der Waals surface area contributed by atoms with Crippen LogP contribution in [-0.4, -0.2) is 44.2 Å². The van der Waals surface area contributed by atoms with Crippen molar-refractivity contribution in [2.45, 2.75) is 19.0 Å². The summed E-state index contributed by atoms with van der Waals surface area (Å²) in [5.41, 5.74) is 0. The van der Waals surface area contributed by atoms with Crippen LogP contribution in [-0.2, 0) is 16.1 Å². The highest BCUT2D eigenvalue weighted by Gasteiger charge is 2.22. The summed E-state index contributed by atoms with van der Waals surface area (Å²) < 4.78 is 0. The molecule has 18 heavy (non-hydrogen) atoms. The molecule has 0 saturated carbocycles. The number of amides is 2. The van der Waals surface area contributed by atoms with Gasteiger partial charge in [-0.2, -0.15) is 0 Å². The summed E-state index contributed by atoms with van der Waals surface area (Å²) in [7, 11) is 0. The molecule has 1 aromatic heterocycles. The first kappa shape index (κ1) is 13.5. The minimum Gasteiger partial charge on any atom is -0.481 e. The Hall–Kier alpha value is -2.58. The Balaban J connectivity index is 2.41. The van der Waals surface area contributed by atoms with Crippen molar-refractivity contribution in [1.29, 1.82) is 0 Å². The molecule has 5 N–H and O–H groups in total. The highest BCUT2D eigenvalue weighted by atomic mass is 16.4. The minimum atomic E-state index is -1.47. The van der Waals surface area contributed by atoms with E-state index in [-0.39, 0.29) is 6.54 Å². The molecule has 0 radical (unpaired) electrons. The van der Waals surface area contributed by atoms with Gasteiger partial charge < -0.3 is 25.8 Å². The number of nitrogens with zero attached hydrogens (tertiary/aromatic N) is 1. The molecule has 0 aromatic carbocycles. The normalized spacial score (nSPS) is 11.6. The molecule has 9 nitrogen and oxygen atoms in total. The van der Waals surface area contributed by atoms with E-state index in [0.717, 1.165) is 0 Å². The Morgan fingerprint density at radius 3 is 2.61 bits per heavy atom. The van der Waals surface area contributed by atoms with Gasteiger partial charge in [0, 0.05) is 12.4 Å². The third kappa shape index (κ3) is 4.51. The molecule has 0 aliphatic rings. The molecular weight excluding hydrogens is 244 g/mol. The molecule has 1 rings (SSSR count). The van der Waals surface area contributed by atoms with Gasteiger partial charge in [0.05, 0.1) is 13.0 Å². The van der Waals surface area contributed by atoms with E-state index in [1.165, 1.54) is 6.20 Å². The molecule has 0 aliphatic carbocycles. The molecule has 9 heteroatoms. The largest absolute Gasteiger partial charge is 0.481 e. The lowest BCUT2D eigenvalue weighted by Gasteiger charge is -2.12. The fraction of sp³-hybridized carbons (Fsp3) is 0.333. The average Bonchev–Trinajstić information content (AvgIpc) is 2.77. The molecule has 2 amide bonds. The van der Waals surface area contributed by atoms with Crippen LogP contribution < -0.4 is 10.6 Å². The van der Waals surface area contributed by atoms with E-state index in [1.54, 1.807) is 6.20 Å². The number of hydrogen-bond acceptors (Lipinski definition) is 4. The number of rotatable bonds is 6. The lowest BCUT2D eigenvalue weighted by Crippen LogP contribution is -2.46. The number of aromatic amines is 1. The predicted octanol–water partition coefficient (Wildman–Crippen LogP) is -0.863. The van der Waals surface area contributed by atoms with Crippen molar-refractivity contribution in [3.05, 3.63) is 18.2 Å². The summed E-state index contributed by atoms with van der Waals surface area (Å²) in [6.45, 7) is 0.0816. The molecule has 1 aromatic rings. The highest BCUT2D eigenvalue weighted by molar-refractivity contribution is 5.86. The van der Waals surface area contributed by atoms with E-state index < -0.39 is 30.4 Å². The van der Waals surface area contributed by atoms with Crippen molar-refractivity contribution in [1.82, 2.24) is 20.6 Å². The molecule has 0 aliphatic heterocycles. The van der Waals surface area contributed by atoms with Crippen LogP contribution in [0.25, 0.3) is 0 Å². The molecule has 0 bridgehead atoms. The second-order valence-electron chi connectivity index (χ2n) is 3.35. The summed E-state index contributed by atoms with van der Waals surface area (Å²) in [6, 6.07) is -2.25. The molecule has 0 saturated heterocycles. The minimum absolute atomic E-state index is 0.0816. The summed E-state index contributed by atoms with van der Waals surface area (Å²) in [5, 5.41) is 21.6. The zero-order valence-corrected chi connectivity index (χ0v) is 9.21. The molecule has 0 unspecified atom stereocenters. The van der Waals surface area contributed by atoms with E-state index >= 15 is 0 Å². The van der Waals surface area contributed by atoms with Gasteiger partial charge in [0.25, 0.3) is 0 Å². The summed E-state index contributed by atoms with van der Waals surface area (Å²) in [6.07, 6.45) is 2.38. The molecule has 1 heterocycles. The maximum atomic E-state index is 11.3. The van der Waals surface area contributed by atoms with Gasteiger partial charge in [-0.05, 0) is 0 Å².